The van der Waals surface area contributed by atoms with E-state index in [4.69, 9.17) is 17.3 Å². The minimum atomic E-state index is 0.254. The maximum absolute atomic E-state index is 5.96. The zero-order chi connectivity index (χ0) is 13.8. The highest BCUT2D eigenvalue weighted by molar-refractivity contribution is 6.28. The number of rotatable bonds is 4. The SMILES string of the molecule is CCC1CCC(CNc2nc(Cl)nc(C)c2N)CC1. The van der Waals surface area contributed by atoms with E-state index >= 15 is 0 Å². The fraction of sp³-hybridized carbons (Fsp3) is 0.714. The van der Waals surface area contributed by atoms with Gasteiger partial charge >= 0.3 is 0 Å². The zero-order valence-corrected chi connectivity index (χ0v) is 12.5. The van der Waals surface area contributed by atoms with E-state index < -0.39 is 0 Å². The van der Waals surface area contributed by atoms with E-state index in [2.05, 4.69) is 22.2 Å². The van der Waals surface area contributed by atoms with Gasteiger partial charge in [-0.1, -0.05) is 26.2 Å². The van der Waals surface area contributed by atoms with E-state index in [1.807, 2.05) is 6.92 Å². The molecule has 1 aromatic heterocycles. The van der Waals surface area contributed by atoms with Gasteiger partial charge in [-0.05, 0) is 43.2 Å². The molecule has 3 N–H and O–H groups in total. The summed E-state index contributed by atoms with van der Waals surface area (Å²) in [5.74, 6) is 2.32. The highest BCUT2D eigenvalue weighted by atomic mass is 35.5. The van der Waals surface area contributed by atoms with Gasteiger partial charge in [0.1, 0.15) is 0 Å². The molecule has 0 aromatic carbocycles. The van der Waals surface area contributed by atoms with Gasteiger partial charge in [-0.2, -0.15) is 4.98 Å². The summed E-state index contributed by atoms with van der Waals surface area (Å²) in [6, 6.07) is 0. The lowest BCUT2D eigenvalue weighted by Crippen LogP contribution is -2.22. The van der Waals surface area contributed by atoms with Crippen LogP contribution in [0.5, 0.6) is 0 Å². The first-order valence-corrected chi connectivity index (χ1v) is 7.51. The minimum Gasteiger partial charge on any atom is -0.394 e. The van der Waals surface area contributed by atoms with Crippen molar-refractivity contribution in [3.05, 3.63) is 11.0 Å². The number of anilines is 2. The van der Waals surface area contributed by atoms with Crippen molar-refractivity contribution in [2.45, 2.75) is 46.0 Å². The van der Waals surface area contributed by atoms with Gasteiger partial charge in [0.2, 0.25) is 5.28 Å². The molecule has 0 amide bonds. The fourth-order valence-electron chi connectivity index (χ4n) is 2.77. The van der Waals surface area contributed by atoms with Crippen molar-refractivity contribution in [2.24, 2.45) is 11.8 Å². The topological polar surface area (TPSA) is 63.8 Å². The van der Waals surface area contributed by atoms with Gasteiger partial charge in [-0.15, -0.1) is 0 Å². The Balaban J connectivity index is 1.89. The third-order valence-electron chi connectivity index (χ3n) is 4.21. The van der Waals surface area contributed by atoms with Crippen LogP contribution in [-0.2, 0) is 0 Å². The smallest absolute Gasteiger partial charge is 0.224 e. The molecule has 1 aliphatic carbocycles. The maximum Gasteiger partial charge on any atom is 0.224 e. The molecule has 1 aliphatic rings. The average molecular weight is 283 g/mol. The average Bonchev–Trinajstić information content (AvgIpc) is 2.41. The Kier molecular flexibility index (Phi) is 4.86. The van der Waals surface area contributed by atoms with Crippen molar-refractivity contribution < 1.29 is 0 Å². The summed E-state index contributed by atoms with van der Waals surface area (Å²) in [5.41, 5.74) is 7.30. The molecule has 1 saturated carbocycles. The summed E-state index contributed by atoms with van der Waals surface area (Å²) >= 11 is 5.86. The summed E-state index contributed by atoms with van der Waals surface area (Å²) < 4.78 is 0. The number of aromatic nitrogens is 2. The second-order valence-corrected chi connectivity index (χ2v) is 5.85. The van der Waals surface area contributed by atoms with Crippen LogP contribution in [0.3, 0.4) is 0 Å². The molecular formula is C14H23ClN4. The van der Waals surface area contributed by atoms with Crippen LogP contribution in [0, 0.1) is 18.8 Å². The van der Waals surface area contributed by atoms with E-state index in [9.17, 15) is 0 Å². The first-order chi connectivity index (χ1) is 9.10. The Morgan fingerprint density at radius 1 is 1.21 bits per heavy atom. The Morgan fingerprint density at radius 3 is 2.47 bits per heavy atom. The number of hydrogen-bond acceptors (Lipinski definition) is 4. The standard InChI is InChI=1S/C14H23ClN4/c1-3-10-4-6-11(7-5-10)8-17-13-12(16)9(2)18-14(15)19-13/h10-11H,3-8,16H2,1-2H3,(H,17,18,19). The van der Waals surface area contributed by atoms with Gasteiger partial charge in [0.05, 0.1) is 11.4 Å². The maximum atomic E-state index is 5.96. The van der Waals surface area contributed by atoms with Crippen LogP contribution >= 0.6 is 11.6 Å². The van der Waals surface area contributed by atoms with Crippen LogP contribution < -0.4 is 11.1 Å². The summed E-state index contributed by atoms with van der Waals surface area (Å²) in [5, 5.41) is 3.59. The van der Waals surface area contributed by atoms with Gasteiger partial charge in [-0.3, -0.25) is 0 Å². The molecule has 0 saturated heterocycles. The molecule has 1 aromatic rings. The van der Waals surface area contributed by atoms with Gasteiger partial charge in [-0.25, -0.2) is 4.98 Å². The molecule has 2 rings (SSSR count). The lowest BCUT2D eigenvalue weighted by atomic mass is 9.81. The largest absolute Gasteiger partial charge is 0.394 e. The second-order valence-electron chi connectivity index (χ2n) is 5.52. The predicted molar refractivity (Wildman–Crippen MR) is 80.4 cm³/mol. The molecule has 1 heterocycles. The first-order valence-electron chi connectivity index (χ1n) is 7.13. The second kappa shape index (κ2) is 6.42. The number of nitrogens with two attached hydrogens (primary N) is 1. The molecule has 19 heavy (non-hydrogen) atoms. The molecule has 0 radical (unpaired) electrons. The molecule has 106 valence electrons. The number of nitrogen functional groups attached to an aromatic ring is 1. The van der Waals surface area contributed by atoms with E-state index in [1.54, 1.807) is 0 Å². The lowest BCUT2D eigenvalue weighted by molar-refractivity contribution is 0.278. The van der Waals surface area contributed by atoms with Crippen LogP contribution in [0.1, 0.15) is 44.7 Å². The first kappa shape index (κ1) is 14.4. The fourth-order valence-corrected chi connectivity index (χ4v) is 2.98. The van der Waals surface area contributed by atoms with Crippen molar-refractivity contribution in [1.29, 1.82) is 0 Å². The quantitative estimate of drug-likeness (QED) is 0.828. The van der Waals surface area contributed by atoms with Gasteiger partial charge < -0.3 is 11.1 Å². The van der Waals surface area contributed by atoms with E-state index in [0.717, 1.165) is 24.1 Å². The van der Waals surface area contributed by atoms with Crippen molar-refractivity contribution in [3.63, 3.8) is 0 Å². The van der Waals surface area contributed by atoms with Crippen molar-refractivity contribution in [2.75, 3.05) is 17.6 Å². The molecule has 4 nitrogen and oxygen atoms in total. The minimum absolute atomic E-state index is 0.254. The summed E-state index contributed by atoms with van der Waals surface area (Å²) in [6.07, 6.45) is 6.60. The number of halogens is 1. The zero-order valence-electron chi connectivity index (χ0n) is 11.7. The highest BCUT2D eigenvalue weighted by Gasteiger charge is 2.20. The highest BCUT2D eigenvalue weighted by Crippen LogP contribution is 2.31. The third kappa shape index (κ3) is 3.72. The number of aryl methyl sites for hydroxylation is 1. The molecule has 0 aliphatic heterocycles. The summed E-state index contributed by atoms with van der Waals surface area (Å²) in [4.78, 5) is 8.21. The van der Waals surface area contributed by atoms with E-state index in [0.29, 0.717) is 11.5 Å². The molecule has 0 atom stereocenters. The Labute approximate surface area is 120 Å². The number of nitrogens with zero attached hydrogens (tertiary/aromatic N) is 2. The Hall–Kier alpha value is -1.03. The van der Waals surface area contributed by atoms with Gasteiger partial charge in [0.15, 0.2) is 5.82 Å². The predicted octanol–water partition coefficient (Wildman–Crippen LogP) is 3.65. The van der Waals surface area contributed by atoms with Crippen LogP contribution in [0.25, 0.3) is 0 Å². The number of hydrogen-bond donors (Lipinski definition) is 2. The third-order valence-corrected chi connectivity index (χ3v) is 4.38. The molecule has 0 unspecified atom stereocenters. The van der Waals surface area contributed by atoms with Crippen molar-refractivity contribution in [1.82, 2.24) is 9.97 Å². The van der Waals surface area contributed by atoms with Crippen LogP contribution in [0.15, 0.2) is 0 Å². The lowest BCUT2D eigenvalue weighted by Gasteiger charge is -2.28. The monoisotopic (exact) mass is 282 g/mol. The molecule has 0 bridgehead atoms. The Bertz CT molecular complexity index is 428. The van der Waals surface area contributed by atoms with E-state index in [-0.39, 0.29) is 5.28 Å². The normalized spacial score (nSPS) is 23.3. The van der Waals surface area contributed by atoms with Crippen molar-refractivity contribution >= 4 is 23.1 Å². The van der Waals surface area contributed by atoms with Gasteiger partial charge in [0.25, 0.3) is 0 Å². The van der Waals surface area contributed by atoms with Crippen LogP contribution in [0.2, 0.25) is 5.28 Å². The molecule has 1 fully saturated rings. The van der Waals surface area contributed by atoms with Gasteiger partial charge in [0, 0.05) is 6.54 Å². The van der Waals surface area contributed by atoms with Crippen molar-refractivity contribution in [3.8, 4) is 0 Å². The Morgan fingerprint density at radius 2 is 1.84 bits per heavy atom. The molecular weight excluding hydrogens is 260 g/mol. The summed E-state index contributed by atoms with van der Waals surface area (Å²) in [6.45, 7) is 5.06. The van der Waals surface area contributed by atoms with E-state index in [1.165, 1.54) is 32.1 Å². The van der Waals surface area contributed by atoms with Crippen LogP contribution in [-0.4, -0.2) is 16.5 Å². The number of nitrogens with one attached hydrogen (secondary N) is 1. The summed E-state index contributed by atoms with van der Waals surface area (Å²) in [7, 11) is 0. The van der Waals surface area contributed by atoms with Crippen LogP contribution in [0.4, 0.5) is 11.5 Å². The molecule has 0 spiro atoms. The molecule has 5 heteroatoms.